The van der Waals surface area contributed by atoms with Gasteiger partial charge in [0.2, 0.25) is 5.91 Å². The van der Waals surface area contributed by atoms with E-state index in [2.05, 4.69) is 21.1 Å². The number of amides is 1. The summed E-state index contributed by atoms with van der Waals surface area (Å²) in [6.45, 7) is 2.58. The molecule has 0 radical (unpaired) electrons. The number of hydrogen-bond donors (Lipinski definition) is 1. The van der Waals surface area contributed by atoms with E-state index in [1.807, 2.05) is 32.4 Å². The summed E-state index contributed by atoms with van der Waals surface area (Å²) in [5, 5.41) is 15.0. The van der Waals surface area contributed by atoms with Crippen molar-refractivity contribution in [3.63, 3.8) is 0 Å². The van der Waals surface area contributed by atoms with Gasteiger partial charge in [0.15, 0.2) is 0 Å². The van der Waals surface area contributed by atoms with Crippen LogP contribution in [0.2, 0.25) is 0 Å². The maximum absolute atomic E-state index is 13.3. The zero-order chi connectivity index (χ0) is 18.8. The molecule has 1 aliphatic carbocycles. The van der Waals surface area contributed by atoms with Gasteiger partial charge in [0.1, 0.15) is 11.1 Å². The molecule has 5 rings (SSSR count). The van der Waals surface area contributed by atoms with Crippen LogP contribution in [0.4, 0.5) is 5.69 Å². The van der Waals surface area contributed by atoms with Crippen molar-refractivity contribution in [1.82, 2.24) is 19.7 Å². The number of carbonyl (C=O) groups is 1. The molecule has 2 fully saturated rings. The third kappa shape index (κ3) is 2.16. The Morgan fingerprint density at radius 2 is 2.15 bits per heavy atom. The van der Waals surface area contributed by atoms with E-state index in [0.29, 0.717) is 6.54 Å². The smallest absolute Gasteiger partial charge is 0.248 e. The number of aryl methyl sites for hydroxylation is 1. The van der Waals surface area contributed by atoms with Crippen molar-refractivity contribution >= 4 is 22.6 Å². The van der Waals surface area contributed by atoms with Crippen LogP contribution in [0.25, 0.3) is 22.2 Å². The number of hydrogen-bond acceptors (Lipinski definition) is 4. The largest absolute Gasteiger partial charge is 0.344 e. The van der Waals surface area contributed by atoms with Gasteiger partial charge in [0, 0.05) is 54.6 Å². The van der Waals surface area contributed by atoms with Crippen LogP contribution in [-0.2, 0) is 11.8 Å². The summed E-state index contributed by atoms with van der Waals surface area (Å²) >= 11 is 0. The summed E-state index contributed by atoms with van der Waals surface area (Å²) in [6.07, 6.45) is 9.31. The zero-order valence-electron chi connectivity index (χ0n) is 15.3. The highest BCUT2D eigenvalue weighted by molar-refractivity contribution is 6.08. The Hall–Kier alpha value is -3.14. The number of nitriles is 1. The average Bonchev–Trinajstić information content (AvgIpc) is 3.19. The predicted octanol–water partition coefficient (Wildman–Crippen LogP) is 2.87. The third-order valence-electron chi connectivity index (χ3n) is 6.08. The summed E-state index contributed by atoms with van der Waals surface area (Å²) in [4.78, 5) is 22.8. The van der Waals surface area contributed by atoms with Gasteiger partial charge < -0.3 is 9.88 Å². The molecule has 2 aliphatic rings. The predicted molar refractivity (Wildman–Crippen MR) is 101 cm³/mol. The van der Waals surface area contributed by atoms with Crippen LogP contribution >= 0.6 is 0 Å². The molecule has 3 aromatic rings. The normalized spacial score (nSPS) is 25.3. The fourth-order valence-electron chi connectivity index (χ4n) is 4.45. The van der Waals surface area contributed by atoms with E-state index in [4.69, 9.17) is 0 Å². The summed E-state index contributed by atoms with van der Waals surface area (Å²) < 4.78 is 1.75. The van der Waals surface area contributed by atoms with Crippen LogP contribution in [0.5, 0.6) is 0 Å². The fourth-order valence-corrected chi connectivity index (χ4v) is 4.45. The molecule has 0 unspecified atom stereocenters. The maximum atomic E-state index is 13.3. The molecule has 7 heteroatoms. The number of aromatic amines is 1. The highest BCUT2D eigenvalue weighted by atomic mass is 16.2. The number of fused-ring (bicyclic) bond motifs is 1. The van der Waals surface area contributed by atoms with Crippen molar-refractivity contribution in [3.05, 3.63) is 30.9 Å². The first kappa shape index (κ1) is 16.1. The second kappa shape index (κ2) is 5.43. The minimum Gasteiger partial charge on any atom is -0.344 e. The van der Waals surface area contributed by atoms with Gasteiger partial charge in [-0.1, -0.05) is 6.92 Å². The molecule has 2 atom stereocenters. The molecular formula is C20H20N6O. The first-order chi connectivity index (χ1) is 13.0. The highest BCUT2D eigenvalue weighted by Crippen LogP contribution is 2.54. The van der Waals surface area contributed by atoms with Crippen molar-refractivity contribution < 1.29 is 4.79 Å². The van der Waals surface area contributed by atoms with E-state index >= 15 is 0 Å². The lowest BCUT2D eigenvalue weighted by Crippen LogP contribution is -2.37. The standard InChI is InChI=1S/C20H20N6O/c1-12-9-26(19(27)20(12,11-21)15-3-4-15)17-8-23-18-16(17)5-13(6-22-18)14-7-24-25(2)10-14/h5-8,10,12,15H,3-4,9H2,1-2H3,(H,22,23)/t12-,20+/m1/s1. The molecule has 1 amide bonds. The maximum Gasteiger partial charge on any atom is 0.248 e. The van der Waals surface area contributed by atoms with E-state index in [1.54, 1.807) is 22.0 Å². The Bertz CT molecular complexity index is 1100. The molecule has 4 heterocycles. The second-order valence-electron chi connectivity index (χ2n) is 7.77. The van der Waals surface area contributed by atoms with Gasteiger partial charge >= 0.3 is 0 Å². The van der Waals surface area contributed by atoms with Crippen molar-refractivity contribution in [2.75, 3.05) is 11.4 Å². The van der Waals surface area contributed by atoms with Gasteiger partial charge in [-0.2, -0.15) is 10.4 Å². The molecule has 27 heavy (non-hydrogen) atoms. The number of rotatable bonds is 3. The number of nitrogens with one attached hydrogen (secondary N) is 1. The van der Waals surface area contributed by atoms with E-state index in [9.17, 15) is 10.1 Å². The Kier molecular flexibility index (Phi) is 3.23. The first-order valence-electron chi connectivity index (χ1n) is 9.24. The summed E-state index contributed by atoms with van der Waals surface area (Å²) in [7, 11) is 1.88. The molecule has 1 N–H and O–H groups in total. The fraction of sp³-hybridized carbons (Fsp3) is 0.400. The molecule has 0 bridgehead atoms. The Morgan fingerprint density at radius 1 is 1.33 bits per heavy atom. The molecule has 136 valence electrons. The highest BCUT2D eigenvalue weighted by Gasteiger charge is 2.61. The van der Waals surface area contributed by atoms with Crippen molar-refractivity contribution in [1.29, 1.82) is 5.26 Å². The number of H-pyrrole nitrogens is 1. The second-order valence-corrected chi connectivity index (χ2v) is 7.77. The van der Waals surface area contributed by atoms with Gasteiger partial charge in [-0.3, -0.25) is 9.48 Å². The number of anilines is 1. The lowest BCUT2D eigenvalue weighted by molar-refractivity contribution is -0.124. The average molecular weight is 360 g/mol. The number of pyridine rings is 1. The van der Waals surface area contributed by atoms with Crippen LogP contribution in [0.1, 0.15) is 19.8 Å². The molecule has 1 saturated heterocycles. The quantitative estimate of drug-likeness (QED) is 0.777. The number of aromatic nitrogens is 4. The van der Waals surface area contributed by atoms with Crippen LogP contribution in [0.3, 0.4) is 0 Å². The van der Waals surface area contributed by atoms with Gasteiger partial charge in [0.25, 0.3) is 0 Å². The van der Waals surface area contributed by atoms with Crippen LogP contribution in [0.15, 0.2) is 30.9 Å². The van der Waals surface area contributed by atoms with E-state index in [1.165, 1.54) is 0 Å². The molecule has 3 aromatic heterocycles. The Balaban J connectivity index is 1.59. The van der Waals surface area contributed by atoms with E-state index < -0.39 is 5.41 Å². The Labute approximate surface area is 156 Å². The van der Waals surface area contributed by atoms with Crippen molar-refractivity contribution in [3.8, 4) is 17.2 Å². The monoisotopic (exact) mass is 360 g/mol. The molecule has 1 aliphatic heterocycles. The van der Waals surface area contributed by atoms with Crippen LogP contribution in [0, 0.1) is 28.6 Å². The topological polar surface area (TPSA) is 90.6 Å². The first-order valence-corrected chi connectivity index (χ1v) is 9.24. The number of nitrogens with zero attached hydrogens (tertiary/aromatic N) is 5. The van der Waals surface area contributed by atoms with E-state index in [0.717, 1.165) is 40.7 Å². The molecule has 0 aromatic carbocycles. The lowest BCUT2D eigenvalue weighted by atomic mass is 9.75. The zero-order valence-corrected chi connectivity index (χ0v) is 15.3. The molecule has 1 saturated carbocycles. The van der Waals surface area contributed by atoms with Crippen LogP contribution < -0.4 is 4.90 Å². The SMILES string of the molecule is C[C@@H]1CN(c2c[nH]c3ncc(-c4cnn(C)c4)cc23)C(=O)[C@]1(C#N)C1CC1. The van der Waals surface area contributed by atoms with Crippen LogP contribution in [-0.4, -0.2) is 32.2 Å². The van der Waals surface area contributed by atoms with Crippen molar-refractivity contribution in [2.24, 2.45) is 24.3 Å². The van der Waals surface area contributed by atoms with Gasteiger partial charge in [0.05, 0.1) is 18.0 Å². The minimum absolute atomic E-state index is 0.0157. The van der Waals surface area contributed by atoms with Gasteiger partial charge in [-0.05, 0) is 24.8 Å². The third-order valence-corrected chi connectivity index (χ3v) is 6.08. The van der Waals surface area contributed by atoms with Gasteiger partial charge in [-0.15, -0.1) is 0 Å². The van der Waals surface area contributed by atoms with Crippen molar-refractivity contribution in [2.45, 2.75) is 19.8 Å². The molecule has 0 spiro atoms. The summed E-state index contributed by atoms with van der Waals surface area (Å²) in [6, 6.07) is 4.43. The summed E-state index contributed by atoms with van der Waals surface area (Å²) in [5.41, 5.74) is 2.59. The Morgan fingerprint density at radius 3 is 2.81 bits per heavy atom. The minimum atomic E-state index is -0.877. The molecular weight excluding hydrogens is 340 g/mol. The molecule has 7 nitrogen and oxygen atoms in total. The number of carbonyl (C=O) groups excluding carboxylic acids is 1. The lowest BCUT2D eigenvalue weighted by Gasteiger charge is -2.22. The van der Waals surface area contributed by atoms with Gasteiger partial charge in [-0.25, -0.2) is 4.98 Å². The van der Waals surface area contributed by atoms with E-state index in [-0.39, 0.29) is 17.7 Å². The summed E-state index contributed by atoms with van der Waals surface area (Å²) in [5.74, 6) is 0.152.